The summed E-state index contributed by atoms with van der Waals surface area (Å²) in [5, 5.41) is 8.44. The first-order valence-electron chi connectivity index (χ1n) is 5.69. The molecule has 0 atom stereocenters. The monoisotopic (exact) mass is 267 g/mol. The average Bonchev–Trinajstić information content (AvgIpc) is 2.34. The van der Waals surface area contributed by atoms with Gasteiger partial charge in [-0.2, -0.15) is 0 Å². The van der Waals surface area contributed by atoms with E-state index in [9.17, 15) is 8.42 Å². The molecule has 0 bridgehead atoms. The Morgan fingerprint density at radius 3 is 2.50 bits per heavy atom. The molecular formula is C13H17NO3S. The standard InChI is InChI=1S/C13H17NO3S/c1-12-6-8-13(9-7-12)18(16,17)14-10-4-2-3-5-11-15/h6-9,14-15H,2,4,10-11H2,1H3. The van der Waals surface area contributed by atoms with Gasteiger partial charge in [-0.1, -0.05) is 23.6 Å². The van der Waals surface area contributed by atoms with Crippen LogP contribution in [0.3, 0.4) is 0 Å². The Morgan fingerprint density at radius 2 is 1.89 bits per heavy atom. The van der Waals surface area contributed by atoms with E-state index in [0.717, 1.165) is 5.56 Å². The normalized spacial score (nSPS) is 10.8. The van der Waals surface area contributed by atoms with Gasteiger partial charge in [0.15, 0.2) is 0 Å². The lowest BCUT2D eigenvalue weighted by Gasteiger charge is -2.05. The van der Waals surface area contributed by atoms with Gasteiger partial charge in [0.25, 0.3) is 0 Å². The Hall–Kier alpha value is -1.35. The van der Waals surface area contributed by atoms with Gasteiger partial charge in [-0.05, 0) is 25.5 Å². The Labute approximate surface area is 108 Å². The molecule has 4 nitrogen and oxygen atoms in total. The largest absolute Gasteiger partial charge is 0.384 e. The van der Waals surface area contributed by atoms with Crippen LogP contribution in [0.25, 0.3) is 0 Å². The zero-order valence-electron chi connectivity index (χ0n) is 10.3. The molecular weight excluding hydrogens is 250 g/mol. The zero-order chi connectivity index (χ0) is 13.4. The summed E-state index contributed by atoms with van der Waals surface area (Å²) in [6.07, 6.45) is 1.19. The molecule has 0 saturated heterocycles. The summed E-state index contributed by atoms with van der Waals surface area (Å²) in [5.74, 6) is 5.25. The fourth-order valence-corrected chi connectivity index (χ4v) is 2.40. The SMILES string of the molecule is Cc1ccc(S(=O)(=O)NCCCC#CCO)cc1. The van der Waals surface area contributed by atoms with Crippen molar-refractivity contribution in [2.75, 3.05) is 13.2 Å². The first kappa shape index (κ1) is 14.7. The van der Waals surface area contributed by atoms with Crippen LogP contribution < -0.4 is 4.72 Å². The molecule has 0 radical (unpaired) electrons. The number of hydrogen-bond donors (Lipinski definition) is 2. The maximum atomic E-state index is 11.8. The number of aryl methyl sites for hydroxylation is 1. The van der Waals surface area contributed by atoms with Crippen molar-refractivity contribution in [2.24, 2.45) is 0 Å². The molecule has 1 rings (SSSR count). The van der Waals surface area contributed by atoms with Crippen molar-refractivity contribution >= 4 is 10.0 Å². The van der Waals surface area contributed by atoms with Crippen LogP contribution in [0.5, 0.6) is 0 Å². The quantitative estimate of drug-likeness (QED) is 0.619. The summed E-state index contributed by atoms with van der Waals surface area (Å²) in [6.45, 7) is 2.09. The van der Waals surface area contributed by atoms with Crippen molar-refractivity contribution in [3.8, 4) is 11.8 Å². The van der Waals surface area contributed by atoms with Gasteiger partial charge >= 0.3 is 0 Å². The number of aliphatic hydroxyl groups excluding tert-OH is 1. The summed E-state index contributed by atoms with van der Waals surface area (Å²) in [5.41, 5.74) is 1.02. The van der Waals surface area contributed by atoms with Crippen molar-refractivity contribution in [2.45, 2.75) is 24.7 Å². The van der Waals surface area contributed by atoms with Crippen LogP contribution in [0, 0.1) is 18.8 Å². The van der Waals surface area contributed by atoms with Gasteiger partial charge in [0.1, 0.15) is 6.61 Å². The molecule has 0 heterocycles. The number of rotatable bonds is 5. The van der Waals surface area contributed by atoms with Gasteiger partial charge in [0, 0.05) is 13.0 Å². The van der Waals surface area contributed by atoms with Crippen LogP contribution in [0.15, 0.2) is 29.2 Å². The van der Waals surface area contributed by atoms with Gasteiger partial charge in [0.05, 0.1) is 4.90 Å². The van der Waals surface area contributed by atoms with E-state index in [0.29, 0.717) is 19.4 Å². The molecule has 0 aliphatic heterocycles. The lowest BCUT2D eigenvalue weighted by molar-refractivity contribution is 0.350. The fraction of sp³-hybridized carbons (Fsp3) is 0.385. The highest BCUT2D eigenvalue weighted by Crippen LogP contribution is 2.09. The Bertz CT molecular complexity index is 524. The van der Waals surface area contributed by atoms with E-state index in [1.54, 1.807) is 24.3 Å². The van der Waals surface area contributed by atoms with E-state index in [1.807, 2.05) is 6.92 Å². The van der Waals surface area contributed by atoms with Crippen LogP contribution >= 0.6 is 0 Å². The molecule has 0 amide bonds. The lowest BCUT2D eigenvalue weighted by Crippen LogP contribution is -2.24. The molecule has 0 fully saturated rings. The second kappa shape index (κ2) is 7.17. The summed E-state index contributed by atoms with van der Waals surface area (Å²) < 4.78 is 26.2. The van der Waals surface area contributed by atoms with Crippen molar-refractivity contribution in [3.05, 3.63) is 29.8 Å². The molecule has 0 aromatic heterocycles. The average molecular weight is 267 g/mol. The number of nitrogens with one attached hydrogen (secondary N) is 1. The minimum atomic E-state index is -3.42. The summed E-state index contributed by atoms with van der Waals surface area (Å²) in [4.78, 5) is 0.273. The number of unbranched alkanes of at least 4 members (excludes halogenated alkanes) is 1. The first-order valence-corrected chi connectivity index (χ1v) is 7.17. The van der Waals surface area contributed by atoms with E-state index in [1.165, 1.54) is 0 Å². The topological polar surface area (TPSA) is 66.4 Å². The van der Waals surface area contributed by atoms with E-state index in [4.69, 9.17) is 5.11 Å². The van der Waals surface area contributed by atoms with Gasteiger partial charge in [-0.15, -0.1) is 5.92 Å². The predicted molar refractivity (Wildman–Crippen MR) is 70.5 cm³/mol. The van der Waals surface area contributed by atoms with Crippen molar-refractivity contribution in [1.82, 2.24) is 4.72 Å². The Morgan fingerprint density at radius 1 is 1.22 bits per heavy atom. The molecule has 98 valence electrons. The zero-order valence-corrected chi connectivity index (χ0v) is 11.1. The van der Waals surface area contributed by atoms with Gasteiger partial charge in [0.2, 0.25) is 10.0 Å². The maximum absolute atomic E-state index is 11.8. The van der Waals surface area contributed by atoms with Crippen molar-refractivity contribution < 1.29 is 13.5 Å². The highest BCUT2D eigenvalue weighted by molar-refractivity contribution is 7.89. The van der Waals surface area contributed by atoms with Crippen LogP contribution in [-0.2, 0) is 10.0 Å². The number of sulfonamides is 1. The van der Waals surface area contributed by atoms with Crippen molar-refractivity contribution in [3.63, 3.8) is 0 Å². The Kier molecular flexibility index (Phi) is 5.86. The molecule has 0 aliphatic carbocycles. The molecule has 2 N–H and O–H groups in total. The second-order valence-electron chi connectivity index (χ2n) is 3.83. The third-order valence-corrected chi connectivity index (χ3v) is 3.78. The van der Waals surface area contributed by atoms with Crippen LogP contribution in [0.1, 0.15) is 18.4 Å². The molecule has 0 spiro atoms. The molecule has 5 heteroatoms. The van der Waals surface area contributed by atoms with Gasteiger partial charge < -0.3 is 5.11 Å². The fourth-order valence-electron chi connectivity index (χ4n) is 1.33. The smallest absolute Gasteiger partial charge is 0.240 e. The lowest BCUT2D eigenvalue weighted by atomic mass is 10.2. The minimum absolute atomic E-state index is 0.158. The van der Waals surface area contributed by atoms with E-state index in [2.05, 4.69) is 16.6 Å². The third-order valence-electron chi connectivity index (χ3n) is 2.31. The van der Waals surface area contributed by atoms with Crippen LogP contribution in [0.4, 0.5) is 0 Å². The van der Waals surface area contributed by atoms with Crippen molar-refractivity contribution in [1.29, 1.82) is 0 Å². The summed E-state index contributed by atoms with van der Waals surface area (Å²) >= 11 is 0. The molecule has 18 heavy (non-hydrogen) atoms. The van der Waals surface area contributed by atoms with Gasteiger partial charge in [-0.25, -0.2) is 13.1 Å². The molecule has 0 unspecified atom stereocenters. The van der Waals surface area contributed by atoms with E-state index in [-0.39, 0.29) is 11.5 Å². The Balaban J connectivity index is 2.48. The number of benzene rings is 1. The van der Waals surface area contributed by atoms with Crippen LogP contribution in [0.2, 0.25) is 0 Å². The second-order valence-corrected chi connectivity index (χ2v) is 5.59. The molecule has 1 aromatic carbocycles. The van der Waals surface area contributed by atoms with E-state index < -0.39 is 10.0 Å². The minimum Gasteiger partial charge on any atom is -0.384 e. The highest BCUT2D eigenvalue weighted by Gasteiger charge is 2.11. The van der Waals surface area contributed by atoms with Gasteiger partial charge in [-0.3, -0.25) is 0 Å². The first-order chi connectivity index (χ1) is 8.56. The van der Waals surface area contributed by atoms with E-state index >= 15 is 0 Å². The third kappa shape index (κ3) is 4.88. The maximum Gasteiger partial charge on any atom is 0.240 e. The molecule has 0 saturated carbocycles. The van der Waals surface area contributed by atoms with Crippen LogP contribution in [-0.4, -0.2) is 26.7 Å². The summed E-state index contributed by atoms with van der Waals surface area (Å²) in [7, 11) is -3.42. The molecule has 1 aromatic rings. The number of hydrogen-bond acceptors (Lipinski definition) is 3. The highest BCUT2D eigenvalue weighted by atomic mass is 32.2. The summed E-state index contributed by atoms with van der Waals surface area (Å²) in [6, 6.07) is 6.70. The molecule has 0 aliphatic rings. The predicted octanol–water partition coefficient (Wildman–Crippen LogP) is 1.05. The number of aliphatic hydroxyl groups is 1.